The van der Waals surface area contributed by atoms with Crippen LogP contribution in [0.4, 0.5) is 5.69 Å². The molecule has 0 atom stereocenters. The van der Waals surface area contributed by atoms with Crippen LogP contribution in [0.15, 0.2) is 59.1 Å². The Kier molecular flexibility index (Phi) is 5.08. The van der Waals surface area contributed by atoms with Crippen LogP contribution in [0, 0.1) is 0 Å². The molecule has 0 aliphatic heterocycles. The zero-order chi connectivity index (χ0) is 16.8. The third-order valence-corrected chi connectivity index (χ3v) is 3.31. The summed E-state index contributed by atoms with van der Waals surface area (Å²) in [6.07, 6.45) is 0.0271. The van der Waals surface area contributed by atoms with Crippen molar-refractivity contribution in [1.29, 1.82) is 0 Å². The topological polar surface area (TPSA) is 77.2 Å². The molecule has 6 nitrogen and oxygen atoms in total. The van der Waals surface area contributed by atoms with E-state index in [1.54, 1.807) is 36.4 Å². The lowest BCUT2D eigenvalue weighted by Crippen LogP contribution is -2.15. The number of nitrogens with zero attached hydrogens (tertiary/aromatic N) is 2. The molecule has 122 valence electrons. The van der Waals surface area contributed by atoms with Gasteiger partial charge in [-0.2, -0.15) is 4.98 Å². The van der Waals surface area contributed by atoms with Gasteiger partial charge in [-0.05, 0) is 36.4 Å². The highest BCUT2D eigenvalue weighted by molar-refractivity contribution is 6.30. The van der Waals surface area contributed by atoms with Gasteiger partial charge in [-0.25, -0.2) is 0 Å². The van der Waals surface area contributed by atoms with Crippen molar-refractivity contribution in [2.45, 2.75) is 13.0 Å². The number of ether oxygens (including phenoxy) is 1. The van der Waals surface area contributed by atoms with Crippen LogP contribution >= 0.6 is 11.6 Å². The van der Waals surface area contributed by atoms with Crippen molar-refractivity contribution in [2.24, 2.45) is 0 Å². The van der Waals surface area contributed by atoms with Gasteiger partial charge in [0.15, 0.2) is 12.4 Å². The zero-order valence-corrected chi connectivity index (χ0v) is 13.4. The standard InChI is InChI=1S/C17H14ClN3O3/c18-12-6-8-14(9-7-12)23-11-17-20-15(21-24-17)10-16(22)19-13-4-2-1-3-5-13/h1-9H,10-11H2,(H,19,22). The fraction of sp³-hybridized carbons (Fsp3) is 0.118. The minimum Gasteiger partial charge on any atom is -0.484 e. The van der Waals surface area contributed by atoms with Gasteiger partial charge in [0.25, 0.3) is 5.89 Å². The van der Waals surface area contributed by atoms with Crippen LogP contribution < -0.4 is 10.1 Å². The van der Waals surface area contributed by atoms with Crippen molar-refractivity contribution >= 4 is 23.2 Å². The first-order chi connectivity index (χ1) is 11.7. The predicted octanol–water partition coefficient (Wildman–Crippen LogP) is 3.48. The van der Waals surface area contributed by atoms with Gasteiger partial charge in [-0.15, -0.1) is 0 Å². The van der Waals surface area contributed by atoms with E-state index in [0.717, 1.165) is 5.69 Å². The first-order valence-electron chi connectivity index (χ1n) is 7.24. The number of para-hydroxylation sites is 1. The van der Waals surface area contributed by atoms with E-state index < -0.39 is 0 Å². The molecule has 1 amide bonds. The normalized spacial score (nSPS) is 10.4. The van der Waals surface area contributed by atoms with Gasteiger partial charge in [-0.3, -0.25) is 4.79 Å². The summed E-state index contributed by atoms with van der Waals surface area (Å²) in [5.74, 6) is 1.03. The number of carbonyl (C=O) groups excluding carboxylic acids is 1. The summed E-state index contributed by atoms with van der Waals surface area (Å²) in [7, 11) is 0. The van der Waals surface area contributed by atoms with Gasteiger partial charge in [0, 0.05) is 10.7 Å². The molecule has 1 aromatic heterocycles. The Balaban J connectivity index is 1.51. The van der Waals surface area contributed by atoms with Crippen LogP contribution in [0.1, 0.15) is 11.7 Å². The third kappa shape index (κ3) is 4.57. The highest BCUT2D eigenvalue weighted by Gasteiger charge is 2.11. The number of carbonyl (C=O) groups is 1. The van der Waals surface area contributed by atoms with Crippen molar-refractivity contribution in [3.63, 3.8) is 0 Å². The Morgan fingerprint density at radius 1 is 1.12 bits per heavy atom. The fourth-order valence-electron chi connectivity index (χ4n) is 1.97. The quantitative estimate of drug-likeness (QED) is 0.741. The molecule has 24 heavy (non-hydrogen) atoms. The summed E-state index contributed by atoms with van der Waals surface area (Å²) >= 11 is 5.80. The maximum atomic E-state index is 11.9. The van der Waals surface area contributed by atoms with Gasteiger partial charge in [-0.1, -0.05) is 35.0 Å². The number of hydrogen-bond acceptors (Lipinski definition) is 5. The first kappa shape index (κ1) is 16.0. The lowest BCUT2D eigenvalue weighted by atomic mass is 10.3. The van der Waals surface area contributed by atoms with Crippen molar-refractivity contribution < 1.29 is 14.1 Å². The monoisotopic (exact) mass is 343 g/mol. The molecule has 0 saturated heterocycles. The largest absolute Gasteiger partial charge is 0.484 e. The molecule has 7 heteroatoms. The highest BCUT2D eigenvalue weighted by atomic mass is 35.5. The van der Waals surface area contributed by atoms with Crippen molar-refractivity contribution in [3.05, 3.63) is 71.3 Å². The van der Waals surface area contributed by atoms with Crippen LogP contribution in [0.2, 0.25) is 5.02 Å². The first-order valence-corrected chi connectivity index (χ1v) is 7.61. The van der Waals surface area contributed by atoms with Crippen LogP contribution in [0.5, 0.6) is 5.75 Å². The van der Waals surface area contributed by atoms with E-state index in [1.165, 1.54) is 0 Å². The van der Waals surface area contributed by atoms with E-state index in [9.17, 15) is 4.79 Å². The Labute approximate surface area is 143 Å². The van der Waals surface area contributed by atoms with E-state index in [0.29, 0.717) is 22.5 Å². The van der Waals surface area contributed by atoms with E-state index in [2.05, 4.69) is 15.5 Å². The second kappa shape index (κ2) is 7.61. The lowest BCUT2D eigenvalue weighted by molar-refractivity contribution is -0.115. The number of anilines is 1. The molecule has 0 aliphatic rings. The number of benzene rings is 2. The molecule has 0 fully saturated rings. The minimum absolute atomic E-state index is 0.0271. The molecule has 1 N–H and O–H groups in total. The predicted molar refractivity (Wildman–Crippen MR) is 88.9 cm³/mol. The maximum Gasteiger partial charge on any atom is 0.264 e. The smallest absolute Gasteiger partial charge is 0.264 e. The number of amides is 1. The van der Waals surface area contributed by atoms with Crippen molar-refractivity contribution in [2.75, 3.05) is 5.32 Å². The summed E-state index contributed by atoms with van der Waals surface area (Å²) in [4.78, 5) is 16.1. The van der Waals surface area contributed by atoms with Crippen LogP contribution in [-0.4, -0.2) is 16.0 Å². The highest BCUT2D eigenvalue weighted by Crippen LogP contribution is 2.16. The molecule has 0 unspecified atom stereocenters. The molecule has 1 heterocycles. The van der Waals surface area contributed by atoms with Gasteiger partial charge in [0.05, 0.1) is 6.42 Å². The van der Waals surface area contributed by atoms with E-state index >= 15 is 0 Å². The summed E-state index contributed by atoms with van der Waals surface area (Å²) < 4.78 is 10.6. The molecular formula is C17H14ClN3O3. The maximum absolute atomic E-state index is 11.9. The van der Waals surface area contributed by atoms with E-state index in [-0.39, 0.29) is 18.9 Å². The lowest BCUT2D eigenvalue weighted by Gasteiger charge is -2.02. The van der Waals surface area contributed by atoms with Gasteiger partial charge in [0.1, 0.15) is 5.75 Å². The molecular weight excluding hydrogens is 330 g/mol. The molecule has 0 bridgehead atoms. The van der Waals surface area contributed by atoms with Gasteiger partial charge in [0.2, 0.25) is 5.91 Å². The molecule has 2 aromatic carbocycles. The minimum atomic E-state index is -0.216. The molecule has 0 radical (unpaired) electrons. The van der Waals surface area contributed by atoms with E-state index in [4.69, 9.17) is 20.9 Å². The van der Waals surface area contributed by atoms with Crippen LogP contribution in [0.3, 0.4) is 0 Å². The Morgan fingerprint density at radius 2 is 1.88 bits per heavy atom. The average molecular weight is 344 g/mol. The molecule has 3 aromatic rings. The fourth-order valence-corrected chi connectivity index (χ4v) is 2.09. The second-order valence-corrected chi connectivity index (χ2v) is 5.37. The number of hydrogen-bond donors (Lipinski definition) is 1. The van der Waals surface area contributed by atoms with Crippen molar-refractivity contribution in [3.8, 4) is 5.75 Å². The third-order valence-electron chi connectivity index (χ3n) is 3.06. The van der Waals surface area contributed by atoms with Crippen LogP contribution in [0.25, 0.3) is 0 Å². The second-order valence-electron chi connectivity index (χ2n) is 4.94. The molecule has 0 spiro atoms. The molecule has 0 aliphatic carbocycles. The van der Waals surface area contributed by atoms with Crippen LogP contribution in [-0.2, 0) is 17.8 Å². The molecule has 0 saturated carbocycles. The Hall–Kier alpha value is -2.86. The summed E-state index contributed by atoms with van der Waals surface area (Å²) in [6, 6.07) is 16.1. The zero-order valence-electron chi connectivity index (χ0n) is 12.6. The van der Waals surface area contributed by atoms with E-state index in [1.807, 2.05) is 18.2 Å². The Morgan fingerprint density at radius 3 is 2.62 bits per heavy atom. The number of rotatable bonds is 6. The van der Waals surface area contributed by atoms with Gasteiger partial charge < -0.3 is 14.6 Å². The summed E-state index contributed by atoms with van der Waals surface area (Å²) in [6.45, 7) is 0.120. The van der Waals surface area contributed by atoms with Crippen molar-refractivity contribution in [1.82, 2.24) is 10.1 Å². The van der Waals surface area contributed by atoms with Gasteiger partial charge >= 0.3 is 0 Å². The summed E-state index contributed by atoms with van der Waals surface area (Å²) in [5, 5.41) is 7.17. The number of aromatic nitrogens is 2. The number of nitrogens with one attached hydrogen (secondary N) is 1. The summed E-state index contributed by atoms with van der Waals surface area (Å²) in [5.41, 5.74) is 0.720. The number of halogens is 1. The SMILES string of the molecule is O=C(Cc1noc(COc2ccc(Cl)cc2)n1)Nc1ccccc1. The molecule has 3 rings (SSSR count). The Bertz CT molecular complexity index is 803. The average Bonchev–Trinajstić information content (AvgIpc) is 3.02.